The van der Waals surface area contributed by atoms with Crippen molar-refractivity contribution in [1.29, 1.82) is 0 Å². The number of rotatable bonds is 4. The molecule has 0 saturated carbocycles. The minimum absolute atomic E-state index is 0.127. The maximum Gasteiger partial charge on any atom is 0.408 e. The number of ether oxygens (including phenoxy) is 1. The van der Waals surface area contributed by atoms with Crippen molar-refractivity contribution in [2.75, 3.05) is 0 Å². The molecule has 0 bridgehead atoms. The Morgan fingerprint density at radius 3 is 2.19 bits per heavy atom. The molecule has 0 aromatic carbocycles. The number of hydrogen-bond acceptors (Lipinski definition) is 3. The second kappa shape index (κ2) is 5.01. The van der Waals surface area contributed by atoms with Crippen LogP contribution in [-0.4, -0.2) is 28.3 Å². The van der Waals surface area contributed by atoms with E-state index in [1.165, 1.54) is 13.0 Å². The van der Waals surface area contributed by atoms with Crippen LogP contribution in [0.5, 0.6) is 0 Å². The van der Waals surface area contributed by atoms with Crippen molar-refractivity contribution in [2.24, 2.45) is 0 Å². The Morgan fingerprint density at radius 2 is 1.88 bits per heavy atom. The van der Waals surface area contributed by atoms with Gasteiger partial charge in [-0.1, -0.05) is 6.08 Å². The lowest BCUT2D eigenvalue weighted by Gasteiger charge is -2.27. The van der Waals surface area contributed by atoms with E-state index in [2.05, 4.69) is 11.9 Å². The smallest absolute Gasteiger partial charge is 0.408 e. The van der Waals surface area contributed by atoms with E-state index in [1.54, 1.807) is 20.8 Å². The number of amides is 1. The lowest BCUT2D eigenvalue weighted by molar-refractivity contribution is -0.144. The number of carboxylic acids is 1. The first kappa shape index (κ1) is 14.5. The van der Waals surface area contributed by atoms with E-state index >= 15 is 0 Å². The van der Waals surface area contributed by atoms with Gasteiger partial charge in [-0.25, -0.2) is 9.59 Å². The van der Waals surface area contributed by atoms with Crippen LogP contribution in [0, 0.1) is 0 Å². The molecule has 5 heteroatoms. The van der Waals surface area contributed by atoms with Crippen LogP contribution in [0.1, 0.15) is 34.1 Å². The highest BCUT2D eigenvalue weighted by atomic mass is 16.6. The number of carbonyl (C=O) groups is 2. The molecule has 92 valence electrons. The predicted octanol–water partition coefficient (Wildman–Crippen LogP) is 1.93. The van der Waals surface area contributed by atoms with Crippen molar-refractivity contribution in [3.63, 3.8) is 0 Å². The van der Waals surface area contributed by atoms with Gasteiger partial charge in [0.2, 0.25) is 0 Å². The predicted molar refractivity (Wildman–Crippen MR) is 60.2 cm³/mol. The maximum absolute atomic E-state index is 11.4. The summed E-state index contributed by atoms with van der Waals surface area (Å²) >= 11 is 0. The molecule has 0 saturated heterocycles. The van der Waals surface area contributed by atoms with Crippen LogP contribution >= 0.6 is 0 Å². The largest absolute Gasteiger partial charge is 0.480 e. The van der Waals surface area contributed by atoms with Crippen LogP contribution in [0.4, 0.5) is 4.79 Å². The van der Waals surface area contributed by atoms with E-state index in [-0.39, 0.29) is 6.42 Å². The average Bonchev–Trinajstić information content (AvgIpc) is 1.99. The summed E-state index contributed by atoms with van der Waals surface area (Å²) in [5.74, 6) is -1.13. The van der Waals surface area contributed by atoms with Crippen LogP contribution in [0.25, 0.3) is 0 Å². The topological polar surface area (TPSA) is 75.6 Å². The molecular weight excluding hydrogens is 210 g/mol. The maximum atomic E-state index is 11.4. The first-order chi connectivity index (χ1) is 7.10. The quantitative estimate of drug-likeness (QED) is 0.722. The van der Waals surface area contributed by atoms with Gasteiger partial charge in [0.05, 0.1) is 0 Å². The van der Waals surface area contributed by atoms with E-state index in [9.17, 15) is 9.59 Å². The molecular formula is C11H19NO4. The van der Waals surface area contributed by atoms with Crippen LogP contribution in [-0.2, 0) is 9.53 Å². The fourth-order valence-corrected chi connectivity index (χ4v) is 1.01. The molecule has 1 atom stereocenters. The summed E-state index contributed by atoms with van der Waals surface area (Å²) in [5, 5.41) is 11.3. The zero-order valence-electron chi connectivity index (χ0n) is 10.2. The Labute approximate surface area is 95.5 Å². The number of aliphatic carboxylic acids is 1. The van der Waals surface area contributed by atoms with Gasteiger partial charge in [-0.05, 0) is 34.1 Å². The molecule has 0 radical (unpaired) electrons. The van der Waals surface area contributed by atoms with Gasteiger partial charge in [0.15, 0.2) is 0 Å². The first-order valence-corrected chi connectivity index (χ1v) is 4.96. The van der Waals surface area contributed by atoms with Gasteiger partial charge < -0.3 is 15.2 Å². The van der Waals surface area contributed by atoms with Gasteiger partial charge in [-0.3, -0.25) is 0 Å². The highest BCUT2D eigenvalue weighted by Gasteiger charge is 2.35. The van der Waals surface area contributed by atoms with Crippen LogP contribution in [0.2, 0.25) is 0 Å². The minimum atomic E-state index is -1.38. The Kier molecular flexibility index (Phi) is 4.53. The van der Waals surface area contributed by atoms with Gasteiger partial charge in [0.1, 0.15) is 11.1 Å². The molecule has 0 rings (SSSR count). The fraction of sp³-hybridized carbons (Fsp3) is 0.636. The summed E-state index contributed by atoms with van der Waals surface area (Å²) in [7, 11) is 0. The number of alkyl carbamates (subject to hydrolysis) is 1. The average molecular weight is 229 g/mol. The van der Waals surface area contributed by atoms with Crippen molar-refractivity contribution >= 4 is 12.1 Å². The van der Waals surface area contributed by atoms with E-state index in [4.69, 9.17) is 9.84 Å². The number of hydrogen-bond donors (Lipinski definition) is 2. The summed E-state index contributed by atoms with van der Waals surface area (Å²) in [5.41, 5.74) is -2.04. The van der Waals surface area contributed by atoms with E-state index < -0.39 is 23.2 Å². The Balaban J connectivity index is 4.59. The van der Waals surface area contributed by atoms with Gasteiger partial charge in [0.25, 0.3) is 0 Å². The highest BCUT2D eigenvalue weighted by Crippen LogP contribution is 2.13. The number of nitrogens with one attached hydrogen (secondary N) is 1. The molecule has 2 N–H and O–H groups in total. The molecule has 0 spiro atoms. The lowest BCUT2D eigenvalue weighted by atomic mass is 9.98. The standard InChI is InChI=1S/C11H19NO4/c1-6-7-11(5,8(13)14)12-9(15)16-10(2,3)4/h6H,1,7H2,2-5H3,(H,12,15)(H,13,14). The van der Waals surface area contributed by atoms with Crippen LogP contribution in [0.15, 0.2) is 12.7 Å². The van der Waals surface area contributed by atoms with Crippen LogP contribution < -0.4 is 5.32 Å². The molecule has 5 nitrogen and oxygen atoms in total. The van der Waals surface area contributed by atoms with E-state index in [1.807, 2.05) is 0 Å². The molecule has 0 fully saturated rings. The lowest BCUT2D eigenvalue weighted by Crippen LogP contribution is -2.53. The number of carbonyl (C=O) groups excluding carboxylic acids is 1. The molecule has 0 aliphatic heterocycles. The summed E-state index contributed by atoms with van der Waals surface area (Å²) in [6.07, 6.45) is 0.812. The second-order valence-corrected chi connectivity index (χ2v) is 4.76. The second-order valence-electron chi connectivity index (χ2n) is 4.76. The summed E-state index contributed by atoms with van der Waals surface area (Å²) < 4.78 is 4.98. The molecule has 0 aliphatic rings. The third-order valence-corrected chi connectivity index (χ3v) is 1.80. The van der Waals surface area contributed by atoms with Crippen molar-refractivity contribution in [3.05, 3.63) is 12.7 Å². The van der Waals surface area contributed by atoms with Crippen LogP contribution in [0.3, 0.4) is 0 Å². The third-order valence-electron chi connectivity index (χ3n) is 1.80. The fourth-order valence-electron chi connectivity index (χ4n) is 1.01. The molecule has 0 aliphatic carbocycles. The monoisotopic (exact) mass is 229 g/mol. The number of carboxylic acid groups (broad SMARTS) is 1. The Morgan fingerprint density at radius 1 is 1.38 bits per heavy atom. The molecule has 0 aromatic rings. The van der Waals surface area contributed by atoms with Crippen molar-refractivity contribution in [3.8, 4) is 0 Å². The third kappa shape index (κ3) is 4.82. The Hall–Kier alpha value is -1.52. The molecule has 1 amide bonds. The molecule has 0 aromatic heterocycles. The molecule has 1 unspecified atom stereocenters. The van der Waals surface area contributed by atoms with Gasteiger partial charge >= 0.3 is 12.1 Å². The molecule has 0 heterocycles. The van der Waals surface area contributed by atoms with E-state index in [0.717, 1.165) is 0 Å². The first-order valence-electron chi connectivity index (χ1n) is 4.96. The molecule has 16 heavy (non-hydrogen) atoms. The van der Waals surface area contributed by atoms with Crippen molar-refractivity contribution < 1.29 is 19.4 Å². The zero-order valence-corrected chi connectivity index (χ0v) is 10.2. The van der Waals surface area contributed by atoms with Crippen molar-refractivity contribution in [1.82, 2.24) is 5.32 Å². The van der Waals surface area contributed by atoms with Gasteiger partial charge in [-0.15, -0.1) is 6.58 Å². The van der Waals surface area contributed by atoms with E-state index in [0.29, 0.717) is 0 Å². The van der Waals surface area contributed by atoms with Crippen molar-refractivity contribution in [2.45, 2.75) is 45.3 Å². The Bertz CT molecular complexity index is 293. The minimum Gasteiger partial charge on any atom is -0.480 e. The van der Waals surface area contributed by atoms with Gasteiger partial charge in [0, 0.05) is 0 Å². The normalized spacial score (nSPS) is 14.8. The zero-order chi connectivity index (χ0) is 13.0. The van der Waals surface area contributed by atoms with Gasteiger partial charge in [-0.2, -0.15) is 0 Å². The highest BCUT2D eigenvalue weighted by molar-refractivity contribution is 5.84. The summed E-state index contributed by atoms with van der Waals surface area (Å²) in [6, 6.07) is 0. The summed E-state index contributed by atoms with van der Waals surface area (Å²) in [4.78, 5) is 22.4. The summed E-state index contributed by atoms with van der Waals surface area (Å²) in [6.45, 7) is 9.98. The SMILES string of the molecule is C=CCC(C)(NC(=O)OC(C)(C)C)C(=O)O.